The van der Waals surface area contributed by atoms with Gasteiger partial charge in [0.2, 0.25) is 5.55 Å². The Morgan fingerprint density at radius 2 is 1.75 bits per heavy atom. The monoisotopic (exact) mass is 321 g/mol. The standard InChI is InChI=1S/C18H15N3O3/c1-11(22)14-10-12-6-2-5-9-16(12)24-18(14)21-20-17(23)13-7-3-4-8-15(13)19/h2-10H,19H2,1H3,(H,20,23)/b21-18+. The maximum Gasteiger partial charge on any atom is 0.273 e. The minimum Gasteiger partial charge on any atom is -0.436 e. The number of ketones is 1. The van der Waals surface area contributed by atoms with Gasteiger partial charge in [0.25, 0.3) is 5.91 Å². The summed E-state index contributed by atoms with van der Waals surface area (Å²) in [5.41, 5.74) is 9.67. The highest BCUT2D eigenvalue weighted by Crippen LogP contribution is 2.13. The number of carbonyl (C=O) groups is 2. The number of para-hydroxylation sites is 2. The number of fused-ring (bicyclic) bond motifs is 1. The van der Waals surface area contributed by atoms with Crippen LogP contribution in [0, 0.1) is 0 Å². The van der Waals surface area contributed by atoms with Crippen LogP contribution >= 0.6 is 0 Å². The third-order valence-corrected chi connectivity index (χ3v) is 3.50. The van der Waals surface area contributed by atoms with Crippen LogP contribution in [0.4, 0.5) is 5.69 Å². The SMILES string of the molecule is CC(=O)c1cc2ccccc2o/c1=N/NC(=O)c1ccccc1N. The average molecular weight is 321 g/mol. The number of nitrogens with zero attached hydrogens (tertiary/aromatic N) is 1. The van der Waals surface area contributed by atoms with E-state index in [0.29, 0.717) is 16.8 Å². The molecule has 3 rings (SSSR count). The smallest absolute Gasteiger partial charge is 0.273 e. The number of rotatable bonds is 3. The van der Waals surface area contributed by atoms with Crippen molar-refractivity contribution >= 4 is 28.3 Å². The first-order valence-corrected chi connectivity index (χ1v) is 7.28. The molecule has 120 valence electrons. The minimum absolute atomic E-state index is 0.0454. The second-order valence-electron chi connectivity index (χ2n) is 5.20. The molecule has 0 saturated heterocycles. The van der Waals surface area contributed by atoms with Gasteiger partial charge in [0.05, 0.1) is 11.1 Å². The molecule has 2 aromatic carbocycles. The Hall–Kier alpha value is -3.41. The zero-order chi connectivity index (χ0) is 17.1. The molecule has 0 radical (unpaired) electrons. The lowest BCUT2D eigenvalue weighted by molar-refractivity contribution is 0.0948. The molecule has 0 aliphatic heterocycles. The zero-order valence-corrected chi connectivity index (χ0v) is 12.9. The quantitative estimate of drug-likeness (QED) is 0.440. The van der Waals surface area contributed by atoms with E-state index in [1.807, 2.05) is 18.2 Å². The van der Waals surface area contributed by atoms with Gasteiger partial charge in [-0.2, -0.15) is 0 Å². The van der Waals surface area contributed by atoms with Crippen molar-refractivity contribution in [2.45, 2.75) is 6.92 Å². The molecule has 6 nitrogen and oxygen atoms in total. The second-order valence-corrected chi connectivity index (χ2v) is 5.20. The van der Waals surface area contributed by atoms with Gasteiger partial charge in [-0.3, -0.25) is 9.59 Å². The van der Waals surface area contributed by atoms with Crippen LogP contribution in [0.1, 0.15) is 27.6 Å². The Morgan fingerprint density at radius 1 is 1.04 bits per heavy atom. The summed E-state index contributed by atoms with van der Waals surface area (Å²) >= 11 is 0. The number of nitrogens with two attached hydrogens (primary N) is 1. The number of amides is 1. The van der Waals surface area contributed by atoms with Crippen molar-refractivity contribution in [1.82, 2.24) is 5.43 Å². The fraction of sp³-hybridized carbons (Fsp3) is 0.0556. The van der Waals surface area contributed by atoms with Gasteiger partial charge in [0, 0.05) is 11.1 Å². The van der Waals surface area contributed by atoms with Crippen LogP contribution in [0.15, 0.2) is 64.1 Å². The number of nitrogen functional groups attached to an aromatic ring is 1. The topological polar surface area (TPSA) is 97.7 Å². The third kappa shape index (κ3) is 3.03. The van der Waals surface area contributed by atoms with Crippen LogP contribution in [-0.2, 0) is 0 Å². The van der Waals surface area contributed by atoms with Gasteiger partial charge in [-0.25, -0.2) is 5.43 Å². The first-order valence-electron chi connectivity index (χ1n) is 7.28. The number of hydrogen-bond acceptors (Lipinski definition) is 5. The Kier molecular flexibility index (Phi) is 4.11. The summed E-state index contributed by atoms with van der Waals surface area (Å²) in [6, 6.07) is 15.6. The molecule has 0 atom stereocenters. The normalized spacial score (nSPS) is 11.5. The lowest BCUT2D eigenvalue weighted by atomic mass is 10.1. The third-order valence-electron chi connectivity index (χ3n) is 3.50. The average Bonchev–Trinajstić information content (AvgIpc) is 2.59. The Balaban J connectivity index is 2.03. The summed E-state index contributed by atoms with van der Waals surface area (Å²) in [5, 5.41) is 4.73. The molecule has 0 fully saturated rings. The Labute approximate surface area is 137 Å². The van der Waals surface area contributed by atoms with Crippen LogP contribution in [-0.4, -0.2) is 11.7 Å². The van der Waals surface area contributed by atoms with Crippen LogP contribution in [0.3, 0.4) is 0 Å². The van der Waals surface area contributed by atoms with Gasteiger partial charge < -0.3 is 10.2 Å². The van der Waals surface area contributed by atoms with E-state index in [1.165, 1.54) is 6.92 Å². The fourth-order valence-corrected chi connectivity index (χ4v) is 2.27. The van der Waals surface area contributed by atoms with Gasteiger partial charge in [-0.1, -0.05) is 30.3 Å². The highest BCUT2D eigenvalue weighted by Gasteiger charge is 2.10. The predicted octanol–water partition coefficient (Wildman–Crippen LogP) is 2.46. The van der Waals surface area contributed by atoms with Crippen molar-refractivity contribution in [3.63, 3.8) is 0 Å². The molecule has 0 aliphatic carbocycles. The van der Waals surface area contributed by atoms with E-state index in [4.69, 9.17) is 10.2 Å². The molecule has 1 heterocycles. The summed E-state index contributed by atoms with van der Waals surface area (Å²) in [5.74, 6) is -0.692. The highest BCUT2D eigenvalue weighted by atomic mass is 16.3. The molecular weight excluding hydrogens is 306 g/mol. The molecule has 3 N–H and O–H groups in total. The number of nitrogens with one attached hydrogen (secondary N) is 1. The van der Waals surface area contributed by atoms with E-state index in [9.17, 15) is 9.59 Å². The number of benzene rings is 2. The largest absolute Gasteiger partial charge is 0.436 e. The number of carbonyl (C=O) groups excluding carboxylic acids is 2. The summed E-state index contributed by atoms with van der Waals surface area (Å²) in [6.07, 6.45) is 0. The summed E-state index contributed by atoms with van der Waals surface area (Å²) in [6.45, 7) is 1.41. The van der Waals surface area contributed by atoms with Crippen molar-refractivity contribution in [2.75, 3.05) is 5.73 Å². The fourth-order valence-electron chi connectivity index (χ4n) is 2.27. The summed E-state index contributed by atoms with van der Waals surface area (Å²) in [7, 11) is 0. The van der Waals surface area contributed by atoms with Gasteiger partial charge in [0.15, 0.2) is 5.78 Å². The van der Waals surface area contributed by atoms with Crippen LogP contribution in [0.2, 0.25) is 0 Å². The van der Waals surface area contributed by atoms with E-state index >= 15 is 0 Å². The maximum absolute atomic E-state index is 12.2. The first kappa shape index (κ1) is 15.5. The van der Waals surface area contributed by atoms with E-state index in [2.05, 4.69) is 10.5 Å². The van der Waals surface area contributed by atoms with E-state index in [0.717, 1.165) is 5.39 Å². The van der Waals surface area contributed by atoms with Gasteiger partial charge >= 0.3 is 0 Å². The minimum atomic E-state index is -0.481. The lowest BCUT2D eigenvalue weighted by Gasteiger charge is -2.04. The molecule has 0 saturated carbocycles. The van der Waals surface area contributed by atoms with E-state index < -0.39 is 5.91 Å². The second kappa shape index (κ2) is 6.37. The Bertz CT molecular complexity index is 1010. The summed E-state index contributed by atoms with van der Waals surface area (Å²) in [4.78, 5) is 24.0. The highest BCUT2D eigenvalue weighted by molar-refractivity contribution is 5.99. The van der Waals surface area contributed by atoms with Crippen LogP contribution in [0.25, 0.3) is 11.0 Å². The van der Waals surface area contributed by atoms with Crippen molar-refractivity contribution in [1.29, 1.82) is 0 Å². The Morgan fingerprint density at radius 3 is 2.50 bits per heavy atom. The van der Waals surface area contributed by atoms with Crippen molar-refractivity contribution in [3.05, 3.63) is 71.3 Å². The van der Waals surface area contributed by atoms with Gasteiger partial charge in [0.1, 0.15) is 5.58 Å². The molecule has 3 aromatic rings. The molecule has 0 aliphatic rings. The summed E-state index contributed by atoms with van der Waals surface area (Å²) < 4.78 is 5.64. The first-order chi connectivity index (χ1) is 11.6. The lowest BCUT2D eigenvalue weighted by Crippen LogP contribution is -2.24. The molecule has 1 aromatic heterocycles. The maximum atomic E-state index is 12.2. The van der Waals surface area contributed by atoms with Crippen molar-refractivity contribution < 1.29 is 14.0 Å². The van der Waals surface area contributed by atoms with Crippen molar-refractivity contribution in [2.24, 2.45) is 5.10 Å². The molecule has 0 spiro atoms. The van der Waals surface area contributed by atoms with E-state index in [1.54, 1.807) is 36.4 Å². The molecule has 1 amide bonds. The number of anilines is 1. The van der Waals surface area contributed by atoms with E-state index in [-0.39, 0.29) is 16.9 Å². The molecule has 0 unspecified atom stereocenters. The van der Waals surface area contributed by atoms with Crippen molar-refractivity contribution in [3.8, 4) is 0 Å². The zero-order valence-electron chi connectivity index (χ0n) is 12.9. The molecular formula is C18H15N3O3. The number of Topliss-reactive ketones (excluding diaryl/α,β-unsaturated/α-hetero) is 1. The van der Waals surface area contributed by atoms with Crippen LogP contribution < -0.4 is 16.7 Å². The molecule has 0 bridgehead atoms. The predicted molar refractivity (Wildman–Crippen MR) is 90.1 cm³/mol. The molecule has 24 heavy (non-hydrogen) atoms. The molecule has 6 heteroatoms. The van der Waals surface area contributed by atoms with Gasteiger partial charge in [-0.15, -0.1) is 5.10 Å². The van der Waals surface area contributed by atoms with Crippen LogP contribution in [0.5, 0.6) is 0 Å². The van der Waals surface area contributed by atoms with Gasteiger partial charge in [-0.05, 0) is 31.2 Å². The number of hydrogen-bond donors (Lipinski definition) is 2.